The number of benzene rings is 3. The number of hydrogen-bond acceptors (Lipinski definition) is 8. The number of rotatable bonds is 8. The minimum absolute atomic E-state index is 0.0605. The second kappa shape index (κ2) is 10.4. The van der Waals surface area contributed by atoms with Gasteiger partial charge in [0.2, 0.25) is 11.9 Å². The van der Waals surface area contributed by atoms with E-state index >= 15 is 4.39 Å². The number of methoxy groups -OCH3 is 2. The molecule has 0 radical (unpaired) electrons. The Bertz CT molecular complexity index is 1580. The molecule has 9 nitrogen and oxygen atoms in total. The maximum Gasteiger partial charge on any atom is 0.240 e. The van der Waals surface area contributed by atoms with Crippen LogP contribution >= 0.6 is 0 Å². The van der Waals surface area contributed by atoms with Gasteiger partial charge in [0.1, 0.15) is 23.4 Å². The fourth-order valence-electron chi connectivity index (χ4n) is 4.15. The normalized spacial score (nSPS) is 10.8. The van der Waals surface area contributed by atoms with Crippen LogP contribution < -0.4 is 20.1 Å². The maximum absolute atomic E-state index is 15.2. The van der Waals surface area contributed by atoms with Crippen LogP contribution in [0.15, 0.2) is 72.8 Å². The molecule has 190 valence electrons. The molecule has 2 heterocycles. The van der Waals surface area contributed by atoms with E-state index in [4.69, 9.17) is 20.2 Å². The SMILES string of the molecule is COc1ccc(CN(Cc2ccc(OC)cc2)c2nc(-c3cccc(C#N)c3F)cc3nc(N)nn23)cc1. The first-order valence-electron chi connectivity index (χ1n) is 11.7. The van der Waals surface area contributed by atoms with Crippen LogP contribution in [0.2, 0.25) is 0 Å². The van der Waals surface area contributed by atoms with Crippen LogP contribution in [0.4, 0.5) is 16.3 Å². The molecule has 5 aromatic rings. The third-order valence-corrected chi connectivity index (χ3v) is 6.07. The summed E-state index contributed by atoms with van der Waals surface area (Å²) in [4.78, 5) is 11.1. The molecule has 38 heavy (non-hydrogen) atoms. The standard InChI is InChI=1S/C28H24FN7O2/c1-37-21-10-6-18(7-11-21)16-35(17-19-8-12-22(38-2)13-9-19)28-32-24(14-25-33-27(31)34-36(25)28)23-5-3-4-20(15-30)26(23)29/h3-14H,16-17H2,1-2H3,(H2,31,34). The van der Waals surface area contributed by atoms with Crippen molar-refractivity contribution in [2.24, 2.45) is 0 Å². The number of halogens is 1. The van der Waals surface area contributed by atoms with E-state index in [9.17, 15) is 5.26 Å². The average Bonchev–Trinajstić information content (AvgIpc) is 3.33. The third kappa shape index (κ3) is 4.90. The number of nitrogens with two attached hydrogens (primary N) is 1. The number of anilines is 2. The van der Waals surface area contributed by atoms with E-state index in [1.807, 2.05) is 59.5 Å². The van der Waals surface area contributed by atoms with Gasteiger partial charge in [0.05, 0.1) is 25.5 Å². The second-order valence-electron chi connectivity index (χ2n) is 8.51. The average molecular weight is 510 g/mol. The van der Waals surface area contributed by atoms with Gasteiger partial charge in [0.15, 0.2) is 5.65 Å². The Kier molecular flexibility index (Phi) is 6.74. The number of nitrogens with zero attached hydrogens (tertiary/aromatic N) is 6. The van der Waals surface area contributed by atoms with Crippen LogP contribution in [0.25, 0.3) is 16.9 Å². The van der Waals surface area contributed by atoms with Gasteiger partial charge in [-0.1, -0.05) is 30.3 Å². The van der Waals surface area contributed by atoms with E-state index in [0.29, 0.717) is 30.4 Å². The van der Waals surface area contributed by atoms with Crippen LogP contribution in [0.1, 0.15) is 16.7 Å². The largest absolute Gasteiger partial charge is 0.497 e. The molecule has 3 aromatic carbocycles. The third-order valence-electron chi connectivity index (χ3n) is 6.07. The fraction of sp³-hybridized carbons (Fsp3) is 0.143. The number of aromatic nitrogens is 4. The molecule has 0 fully saturated rings. The molecule has 0 saturated carbocycles. The summed E-state index contributed by atoms with van der Waals surface area (Å²) in [5.41, 5.74) is 8.77. The molecule has 2 N–H and O–H groups in total. The maximum atomic E-state index is 15.2. The molecule has 10 heteroatoms. The van der Waals surface area contributed by atoms with Gasteiger partial charge in [-0.05, 0) is 47.5 Å². The highest BCUT2D eigenvalue weighted by atomic mass is 19.1. The summed E-state index contributed by atoms with van der Waals surface area (Å²) in [5, 5.41) is 13.7. The van der Waals surface area contributed by atoms with Gasteiger partial charge >= 0.3 is 0 Å². The first-order chi connectivity index (χ1) is 18.5. The van der Waals surface area contributed by atoms with Crippen molar-refractivity contribution in [3.8, 4) is 28.8 Å². The summed E-state index contributed by atoms with van der Waals surface area (Å²) in [6.45, 7) is 0.893. The Balaban J connectivity index is 1.65. The van der Waals surface area contributed by atoms with Crippen molar-refractivity contribution in [3.63, 3.8) is 0 Å². The fourth-order valence-corrected chi connectivity index (χ4v) is 4.15. The Labute approximate surface area is 218 Å². The van der Waals surface area contributed by atoms with E-state index in [0.717, 1.165) is 22.6 Å². The predicted molar refractivity (Wildman–Crippen MR) is 141 cm³/mol. The molecular weight excluding hydrogens is 485 g/mol. The highest BCUT2D eigenvalue weighted by molar-refractivity contribution is 5.68. The highest BCUT2D eigenvalue weighted by Crippen LogP contribution is 2.29. The van der Waals surface area contributed by atoms with E-state index in [-0.39, 0.29) is 17.1 Å². The lowest BCUT2D eigenvalue weighted by molar-refractivity contribution is 0.414. The molecule has 0 unspecified atom stereocenters. The van der Waals surface area contributed by atoms with E-state index in [2.05, 4.69) is 10.1 Å². The summed E-state index contributed by atoms with van der Waals surface area (Å²) in [7, 11) is 3.24. The van der Waals surface area contributed by atoms with Crippen molar-refractivity contribution in [1.82, 2.24) is 19.6 Å². The first kappa shape index (κ1) is 24.5. The van der Waals surface area contributed by atoms with Crippen LogP contribution in [-0.4, -0.2) is 33.8 Å². The van der Waals surface area contributed by atoms with Crippen molar-refractivity contribution < 1.29 is 13.9 Å². The van der Waals surface area contributed by atoms with Crippen LogP contribution in [0.5, 0.6) is 11.5 Å². The molecule has 0 aliphatic rings. The van der Waals surface area contributed by atoms with Crippen molar-refractivity contribution in [2.45, 2.75) is 13.1 Å². The molecule has 0 aliphatic carbocycles. The number of fused-ring (bicyclic) bond motifs is 1. The minimum atomic E-state index is -0.651. The summed E-state index contributed by atoms with van der Waals surface area (Å²) < 4.78 is 27.3. The van der Waals surface area contributed by atoms with Crippen LogP contribution in [0, 0.1) is 17.1 Å². The lowest BCUT2D eigenvalue weighted by atomic mass is 10.1. The number of ether oxygens (including phenoxy) is 2. The van der Waals surface area contributed by atoms with Gasteiger partial charge in [0.25, 0.3) is 0 Å². The molecule has 0 saturated heterocycles. The Morgan fingerprint density at radius 2 is 1.53 bits per heavy atom. The monoisotopic (exact) mass is 509 g/mol. The smallest absolute Gasteiger partial charge is 0.240 e. The quantitative estimate of drug-likeness (QED) is 0.323. The molecule has 0 bridgehead atoms. The zero-order valence-electron chi connectivity index (χ0n) is 20.8. The number of nitriles is 1. The zero-order chi connectivity index (χ0) is 26.6. The van der Waals surface area contributed by atoms with Gasteiger partial charge in [-0.15, -0.1) is 5.10 Å². The van der Waals surface area contributed by atoms with Gasteiger partial charge < -0.3 is 20.1 Å². The lowest BCUT2D eigenvalue weighted by Crippen LogP contribution is -2.26. The van der Waals surface area contributed by atoms with E-state index in [1.165, 1.54) is 10.6 Å². The molecule has 5 rings (SSSR count). The number of nitrogen functional groups attached to an aromatic ring is 1. The second-order valence-corrected chi connectivity index (χ2v) is 8.51. The molecule has 0 atom stereocenters. The summed E-state index contributed by atoms with van der Waals surface area (Å²) >= 11 is 0. The Morgan fingerprint density at radius 1 is 0.921 bits per heavy atom. The first-order valence-corrected chi connectivity index (χ1v) is 11.7. The molecule has 0 spiro atoms. The molecular formula is C28H24FN7O2. The van der Waals surface area contributed by atoms with E-state index < -0.39 is 5.82 Å². The van der Waals surface area contributed by atoms with Crippen molar-refractivity contribution in [3.05, 3.63) is 95.3 Å². The molecule has 0 amide bonds. The van der Waals surface area contributed by atoms with E-state index in [1.54, 1.807) is 32.4 Å². The van der Waals surface area contributed by atoms with Gasteiger partial charge in [-0.25, -0.2) is 9.37 Å². The number of hydrogen-bond donors (Lipinski definition) is 1. The predicted octanol–water partition coefficient (Wildman–Crippen LogP) is 4.61. The lowest BCUT2D eigenvalue weighted by Gasteiger charge is -2.25. The highest BCUT2D eigenvalue weighted by Gasteiger charge is 2.20. The minimum Gasteiger partial charge on any atom is -0.497 e. The van der Waals surface area contributed by atoms with Gasteiger partial charge in [0, 0.05) is 24.7 Å². The summed E-state index contributed by atoms with van der Waals surface area (Å²) in [6, 6.07) is 23.5. The summed E-state index contributed by atoms with van der Waals surface area (Å²) in [5.74, 6) is 1.31. The zero-order valence-corrected chi connectivity index (χ0v) is 20.8. The molecule has 0 aliphatic heterocycles. The van der Waals surface area contributed by atoms with Gasteiger partial charge in [-0.3, -0.25) is 0 Å². The Hall–Kier alpha value is -5.17. The topological polar surface area (TPSA) is 115 Å². The van der Waals surface area contributed by atoms with Crippen molar-refractivity contribution in [2.75, 3.05) is 24.9 Å². The van der Waals surface area contributed by atoms with Crippen LogP contribution in [-0.2, 0) is 13.1 Å². The summed E-state index contributed by atoms with van der Waals surface area (Å²) in [6.07, 6.45) is 0. The van der Waals surface area contributed by atoms with Gasteiger partial charge in [-0.2, -0.15) is 14.8 Å². The Morgan fingerprint density at radius 3 is 2.08 bits per heavy atom. The van der Waals surface area contributed by atoms with Crippen molar-refractivity contribution >= 4 is 17.5 Å². The molecule has 2 aromatic heterocycles. The van der Waals surface area contributed by atoms with Crippen LogP contribution in [0.3, 0.4) is 0 Å². The van der Waals surface area contributed by atoms with Crippen molar-refractivity contribution in [1.29, 1.82) is 5.26 Å².